The van der Waals surface area contributed by atoms with E-state index in [0.29, 0.717) is 5.56 Å². The third-order valence-electron chi connectivity index (χ3n) is 2.31. The first-order valence-corrected chi connectivity index (χ1v) is 5.53. The molecule has 1 aromatic rings. The van der Waals surface area contributed by atoms with Crippen molar-refractivity contribution in [3.05, 3.63) is 47.6 Å². The number of ether oxygens (including phenoxy) is 1. The van der Waals surface area contributed by atoms with Crippen LogP contribution in [0.25, 0.3) is 6.08 Å². The number of carbonyl (C=O) groups is 2. The van der Waals surface area contributed by atoms with Crippen molar-refractivity contribution in [2.45, 2.75) is 6.92 Å². The van der Waals surface area contributed by atoms with Crippen molar-refractivity contribution in [2.75, 3.05) is 0 Å². The minimum atomic E-state index is -0.700. The molecule has 0 saturated heterocycles. The first-order chi connectivity index (χ1) is 9.51. The molecule has 0 aromatic heterocycles. The van der Waals surface area contributed by atoms with Gasteiger partial charge in [-0.05, 0) is 30.7 Å². The molecule has 1 aromatic carbocycles. The normalized spacial score (nSPS) is 8.75. The number of ketones is 1. The minimum absolute atomic E-state index is 0.0615. The lowest BCUT2D eigenvalue weighted by atomic mass is 10.1. The summed E-state index contributed by atoms with van der Waals surface area (Å²) in [7, 11) is 0. The number of hydrogen-bond acceptors (Lipinski definition) is 5. The standard InChI is InChI=1S/C15H10N2O3/c1-3-15(19)20-14-7-11(6-12(8-16)9-17)4-5-13(14)10(2)18/h3-7H,1H2,2H3. The fourth-order valence-electron chi connectivity index (χ4n) is 1.41. The maximum atomic E-state index is 11.4. The van der Waals surface area contributed by atoms with Gasteiger partial charge in [0.2, 0.25) is 0 Å². The van der Waals surface area contributed by atoms with Crippen LogP contribution in [0.2, 0.25) is 0 Å². The van der Waals surface area contributed by atoms with Crippen LogP contribution in [0.5, 0.6) is 5.75 Å². The van der Waals surface area contributed by atoms with Gasteiger partial charge in [-0.3, -0.25) is 4.79 Å². The Morgan fingerprint density at radius 1 is 1.30 bits per heavy atom. The number of rotatable bonds is 4. The average molecular weight is 266 g/mol. The van der Waals surface area contributed by atoms with Crippen LogP contribution in [-0.2, 0) is 4.79 Å². The largest absolute Gasteiger partial charge is 0.423 e. The molecular weight excluding hydrogens is 256 g/mol. The van der Waals surface area contributed by atoms with Crippen molar-refractivity contribution in [1.82, 2.24) is 0 Å². The Morgan fingerprint density at radius 3 is 2.45 bits per heavy atom. The monoisotopic (exact) mass is 266 g/mol. The molecule has 0 radical (unpaired) electrons. The molecule has 0 aliphatic rings. The highest BCUT2D eigenvalue weighted by molar-refractivity contribution is 5.98. The molecule has 0 fully saturated rings. The number of nitrogens with zero attached hydrogens (tertiary/aromatic N) is 2. The van der Waals surface area contributed by atoms with Crippen LogP contribution in [-0.4, -0.2) is 11.8 Å². The summed E-state index contributed by atoms with van der Waals surface area (Å²) < 4.78 is 4.97. The molecule has 98 valence electrons. The van der Waals surface area contributed by atoms with Gasteiger partial charge in [0.1, 0.15) is 23.5 Å². The minimum Gasteiger partial charge on any atom is -0.423 e. The van der Waals surface area contributed by atoms with Gasteiger partial charge < -0.3 is 4.74 Å². The second-order valence-corrected chi connectivity index (χ2v) is 3.72. The SMILES string of the molecule is C=CC(=O)Oc1cc(C=C(C#N)C#N)ccc1C(C)=O. The van der Waals surface area contributed by atoms with E-state index in [4.69, 9.17) is 15.3 Å². The Kier molecular flexibility index (Phi) is 4.96. The quantitative estimate of drug-likeness (QED) is 0.274. The Morgan fingerprint density at radius 2 is 1.95 bits per heavy atom. The van der Waals surface area contributed by atoms with Gasteiger partial charge in [-0.2, -0.15) is 10.5 Å². The van der Waals surface area contributed by atoms with Crippen LogP contribution in [0.15, 0.2) is 36.4 Å². The second-order valence-electron chi connectivity index (χ2n) is 3.72. The Labute approximate surface area is 116 Å². The molecule has 20 heavy (non-hydrogen) atoms. The van der Waals surface area contributed by atoms with E-state index in [2.05, 4.69) is 6.58 Å². The predicted octanol–water partition coefficient (Wildman–Crippen LogP) is 2.41. The fraction of sp³-hybridized carbons (Fsp3) is 0.0667. The van der Waals surface area contributed by atoms with Gasteiger partial charge in [0.05, 0.1) is 5.56 Å². The Hall–Kier alpha value is -3.18. The molecule has 1 rings (SSSR count). The van der Waals surface area contributed by atoms with Crippen molar-refractivity contribution in [3.63, 3.8) is 0 Å². The van der Waals surface area contributed by atoms with Crippen molar-refractivity contribution in [2.24, 2.45) is 0 Å². The molecule has 0 aliphatic heterocycles. The molecule has 0 spiro atoms. The number of carbonyl (C=O) groups excluding carboxylic acids is 2. The van der Waals surface area contributed by atoms with Crippen molar-refractivity contribution < 1.29 is 14.3 Å². The topological polar surface area (TPSA) is 90.9 Å². The Balaban J connectivity index is 3.31. The summed E-state index contributed by atoms with van der Waals surface area (Å²) in [4.78, 5) is 22.7. The van der Waals surface area contributed by atoms with E-state index in [9.17, 15) is 9.59 Å². The molecule has 0 aliphatic carbocycles. The van der Waals surface area contributed by atoms with E-state index in [0.717, 1.165) is 6.08 Å². The number of allylic oxidation sites excluding steroid dienone is 1. The maximum absolute atomic E-state index is 11.4. The van der Waals surface area contributed by atoms with Crippen LogP contribution in [0, 0.1) is 22.7 Å². The van der Waals surface area contributed by atoms with E-state index in [1.165, 1.54) is 25.1 Å². The van der Waals surface area contributed by atoms with Crippen molar-refractivity contribution in [1.29, 1.82) is 10.5 Å². The summed E-state index contributed by atoms with van der Waals surface area (Å²) in [5, 5.41) is 17.4. The third-order valence-corrected chi connectivity index (χ3v) is 2.31. The van der Waals surface area contributed by atoms with Gasteiger partial charge in [0, 0.05) is 6.08 Å². The molecule has 0 amide bonds. The molecule has 0 saturated carbocycles. The molecule has 0 heterocycles. The molecule has 0 unspecified atom stereocenters. The molecule has 5 nitrogen and oxygen atoms in total. The summed E-state index contributed by atoms with van der Waals surface area (Å²) in [6, 6.07) is 7.86. The van der Waals surface area contributed by atoms with Crippen LogP contribution >= 0.6 is 0 Å². The van der Waals surface area contributed by atoms with Crippen molar-refractivity contribution in [3.8, 4) is 17.9 Å². The van der Waals surface area contributed by atoms with Crippen LogP contribution < -0.4 is 4.74 Å². The fourth-order valence-corrected chi connectivity index (χ4v) is 1.41. The van der Waals surface area contributed by atoms with E-state index in [1.807, 2.05) is 0 Å². The van der Waals surface area contributed by atoms with Crippen LogP contribution in [0.3, 0.4) is 0 Å². The van der Waals surface area contributed by atoms with Gasteiger partial charge in [0.25, 0.3) is 0 Å². The van der Waals surface area contributed by atoms with Gasteiger partial charge >= 0.3 is 5.97 Å². The number of nitriles is 2. The second kappa shape index (κ2) is 6.67. The van der Waals surface area contributed by atoms with Gasteiger partial charge in [0.15, 0.2) is 5.78 Å². The summed E-state index contributed by atoms with van der Waals surface area (Å²) >= 11 is 0. The highest BCUT2D eigenvalue weighted by atomic mass is 16.5. The lowest BCUT2D eigenvalue weighted by molar-refractivity contribution is -0.128. The first kappa shape index (κ1) is 14.9. The summed E-state index contributed by atoms with van der Waals surface area (Å²) in [5.41, 5.74) is 0.606. The zero-order chi connectivity index (χ0) is 15.1. The smallest absolute Gasteiger partial charge is 0.335 e. The molecule has 0 N–H and O–H groups in total. The molecule has 0 bridgehead atoms. The van der Waals surface area contributed by atoms with E-state index < -0.39 is 5.97 Å². The highest BCUT2D eigenvalue weighted by Gasteiger charge is 2.11. The number of benzene rings is 1. The lowest BCUT2D eigenvalue weighted by Crippen LogP contribution is -2.07. The predicted molar refractivity (Wildman–Crippen MR) is 71.5 cm³/mol. The zero-order valence-corrected chi connectivity index (χ0v) is 10.7. The van der Waals surface area contributed by atoms with Crippen molar-refractivity contribution >= 4 is 17.8 Å². The summed E-state index contributed by atoms with van der Waals surface area (Å²) in [6.45, 7) is 4.61. The Bertz CT molecular complexity index is 672. The molecule has 0 atom stereocenters. The maximum Gasteiger partial charge on any atom is 0.335 e. The lowest BCUT2D eigenvalue weighted by Gasteiger charge is -2.07. The van der Waals surface area contributed by atoms with Gasteiger partial charge in [-0.25, -0.2) is 4.79 Å². The van der Waals surface area contributed by atoms with E-state index >= 15 is 0 Å². The van der Waals surface area contributed by atoms with Crippen LogP contribution in [0.1, 0.15) is 22.8 Å². The summed E-state index contributed by atoms with van der Waals surface area (Å²) in [6.07, 6.45) is 2.30. The highest BCUT2D eigenvalue weighted by Crippen LogP contribution is 2.23. The average Bonchev–Trinajstić information content (AvgIpc) is 2.44. The van der Waals surface area contributed by atoms with Crippen LogP contribution in [0.4, 0.5) is 0 Å². The zero-order valence-electron chi connectivity index (χ0n) is 10.7. The summed E-state index contributed by atoms with van der Waals surface area (Å²) in [5.74, 6) is -0.908. The first-order valence-electron chi connectivity index (χ1n) is 5.53. The third kappa shape index (κ3) is 3.66. The van der Waals surface area contributed by atoms with E-state index in [1.54, 1.807) is 18.2 Å². The molecule has 5 heteroatoms. The number of esters is 1. The number of hydrogen-bond donors (Lipinski definition) is 0. The molecular formula is C15H10N2O3. The van der Waals surface area contributed by atoms with Gasteiger partial charge in [-0.15, -0.1) is 0 Å². The van der Waals surface area contributed by atoms with E-state index in [-0.39, 0.29) is 22.7 Å². The number of Topliss-reactive ketones (excluding diaryl/α,β-unsaturated/α-hetero) is 1. The van der Waals surface area contributed by atoms with Gasteiger partial charge in [-0.1, -0.05) is 12.6 Å².